The fourth-order valence-corrected chi connectivity index (χ4v) is 3.50. The van der Waals surface area contributed by atoms with Crippen molar-refractivity contribution in [3.8, 4) is 0 Å². The second-order valence-electron chi connectivity index (χ2n) is 5.01. The van der Waals surface area contributed by atoms with E-state index in [0.717, 1.165) is 12.8 Å². The Kier molecular flexibility index (Phi) is 3.21. The second-order valence-corrected chi connectivity index (χ2v) is 5.87. The van der Waals surface area contributed by atoms with E-state index in [1.807, 2.05) is 6.20 Å². The van der Waals surface area contributed by atoms with Gasteiger partial charge in [0.2, 0.25) is 0 Å². The summed E-state index contributed by atoms with van der Waals surface area (Å²) in [7, 11) is 0. The summed E-state index contributed by atoms with van der Waals surface area (Å²) in [6, 6.07) is 10.7. The van der Waals surface area contributed by atoms with Gasteiger partial charge >= 0.3 is 0 Å². The molecule has 2 aromatic rings. The van der Waals surface area contributed by atoms with Crippen molar-refractivity contribution in [2.45, 2.75) is 32.1 Å². The van der Waals surface area contributed by atoms with Gasteiger partial charge < -0.3 is 0 Å². The van der Waals surface area contributed by atoms with Crippen molar-refractivity contribution in [3.63, 3.8) is 0 Å². The molecule has 1 aliphatic carbocycles. The molecule has 1 aromatic carbocycles. The minimum Gasteiger partial charge on any atom is -0.261 e. The molecule has 1 aliphatic rings. The Hall–Kier alpha value is -1.15. The number of benzene rings is 1. The van der Waals surface area contributed by atoms with Crippen molar-refractivity contribution in [2.75, 3.05) is 0 Å². The fourth-order valence-electron chi connectivity index (χ4n) is 2.89. The summed E-state index contributed by atoms with van der Waals surface area (Å²) >= 11 is 3.67. The lowest BCUT2D eigenvalue weighted by Gasteiger charge is -2.26. The maximum atomic E-state index is 4.57. The third-order valence-corrected chi connectivity index (χ3v) is 4.63. The van der Waals surface area contributed by atoms with Crippen molar-refractivity contribution < 1.29 is 0 Å². The van der Waals surface area contributed by atoms with Crippen molar-refractivity contribution in [1.29, 1.82) is 0 Å². The lowest BCUT2D eigenvalue weighted by molar-refractivity contribution is 0.569. The van der Waals surface area contributed by atoms with Crippen LogP contribution in [0.5, 0.6) is 0 Å². The number of hydrogen-bond acceptors (Lipinski definition) is 1. The molecule has 0 bridgehead atoms. The highest BCUT2D eigenvalue weighted by molar-refractivity contribution is 9.10. The molecule has 2 heteroatoms. The largest absolute Gasteiger partial charge is 0.261 e. The number of pyridine rings is 1. The normalized spacial score (nSPS) is 18.4. The first-order valence-corrected chi connectivity index (χ1v) is 7.23. The molecule has 1 atom stereocenters. The van der Waals surface area contributed by atoms with E-state index < -0.39 is 0 Å². The lowest BCUT2D eigenvalue weighted by atomic mass is 9.81. The van der Waals surface area contributed by atoms with E-state index in [9.17, 15) is 0 Å². The third kappa shape index (κ3) is 2.10. The van der Waals surface area contributed by atoms with Gasteiger partial charge in [0.25, 0.3) is 0 Å². The minimum absolute atomic E-state index is 0.599. The molecule has 18 heavy (non-hydrogen) atoms. The summed E-state index contributed by atoms with van der Waals surface area (Å²) < 4.78 is 1.23. The molecule has 0 radical (unpaired) electrons. The van der Waals surface area contributed by atoms with E-state index in [1.165, 1.54) is 33.3 Å². The van der Waals surface area contributed by atoms with Crippen molar-refractivity contribution in [2.24, 2.45) is 0 Å². The van der Waals surface area contributed by atoms with Crippen LogP contribution in [0.2, 0.25) is 0 Å². The first-order chi connectivity index (χ1) is 8.75. The van der Waals surface area contributed by atoms with E-state index >= 15 is 0 Å². The zero-order chi connectivity index (χ0) is 12.5. The average Bonchev–Trinajstić information content (AvgIpc) is 2.39. The highest BCUT2D eigenvalue weighted by Crippen LogP contribution is 2.35. The Bertz CT molecular complexity index is 577. The maximum Gasteiger partial charge on any atom is 0.0444 e. The summed E-state index contributed by atoms with van der Waals surface area (Å²) in [5.41, 5.74) is 5.58. The predicted molar refractivity (Wildman–Crippen MR) is 77.9 cm³/mol. The van der Waals surface area contributed by atoms with E-state index in [4.69, 9.17) is 0 Å². The Morgan fingerprint density at radius 2 is 2.06 bits per heavy atom. The summed E-state index contributed by atoms with van der Waals surface area (Å²) in [4.78, 5) is 4.57. The first-order valence-electron chi connectivity index (χ1n) is 6.43. The minimum atomic E-state index is 0.599. The van der Waals surface area contributed by atoms with Gasteiger partial charge in [-0.25, -0.2) is 0 Å². The Morgan fingerprint density at radius 1 is 1.22 bits per heavy atom. The quantitative estimate of drug-likeness (QED) is 0.759. The molecule has 0 aliphatic heterocycles. The number of nitrogens with zero attached hydrogens (tertiary/aromatic N) is 1. The van der Waals surface area contributed by atoms with Crippen LogP contribution in [-0.4, -0.2) is 4.98 Å². The van der Waals surface area contributed by atoms with Crippen LogP contribution in [0.3, 0.4) is 0 Å². The maximum absolute atomic E-state index is 4.57. The zero-order valence-corrected chi connectivity index (χ0v) is 12.1. The molecule has 0 fully saturated rings. The Morgan fingerprint density at radius 3 is 2.89 bits per heavy atom. The molecule has 1 unspecified atom stereocenters. The molecular weight excluding hydrogens is 286 g/mol. The van der Waals surface area contributed by atoms with E-state index in [0.29, 0.717) is 5.92 Å². The monoisotopic (exact) mass is 301 g/mol. The van der Waals surface area contributed by atoms with Gasteiger partial charge in [-0.05, 0) is 60.9 Å². The van der Waals surface area contributed by atoms with Gasteiger partial charge in [-0.1, -0.05) is 34.1 Å². The fraction of sp³-hybridized carbons (Fsp3) is 0.312. The van der Waals surface area contributed by atoms with Crippen molar-refractivity contribution in [1.82, 2.24) is 4.98 Å². The van der Waals surface area contributed by atoms with Crippen LogP contribution in [0.1, 0.15) is 34.7 Å². The molecule has 0 saturated carbocycles. The molecule has 1 heterocycles. The summed E-state index contributed by atoms with van der Waals surface area (Å²) in [6.45, 7) is 2.19. The van der Waals surface area contributed by atoms with Crippen molar-refractivity contribution in [3.05, 3.63) is 63.4 Å². The summed E-state index contributed by atoms with van der Waals surface area (Å²) in [5.74, 6) is 0.599. The van der Waals surface area contributed by atoms with Crippen LogP contribution in [-0.2, 0) is 12.8 Å². The number of aromatic nitrogens is 1. The molecule has 92 valence electrons. The molecule has 1 aromatic heterocycles. The lowest BCUT2D eigenvalue weighted by Crippen LogP contribution is -2.15. The van der Waals surface area contributed by atoms with Crippen LogP contribution < -0.4 is 0 Å². The smallest absolute Gasteiger partial charge is 0.0444 e. The van der Waals surface area contributed by atoms with Crippen molar-refractivity contribution >= 4 is 15.9 Å². The molecular formula is C16H16BrN. The standard InChI is InChI=1S/C16H16BrN/c1-11-8-9-18-16-10-12(6-7-13(11)16)14-4-2-3-5-15(14)17/h2-5,8-9,12H,6-7,10H2,1H3. The van der Waals surface area contributed by atoms with Gasteiger partial charge in [0.15, 0.2) is 0 Å². The molecule has 0 spiro atoms. The number of fused-ring (bicyclic) bond motifs is 1. The van der Waals surface area contributed by atoms with Gasteiger partial charge in [-0.15, -0.1) is 0 Å². The molecule has 0 amide bonds. The number of halogens is 1. The van der Waals surface area contributed by atoms with Crippen LogP contribution in [0, 0.1) is 6.92 Å². The number of aryl methyl sites for hydroxylation is 1. The Balaban J connectivity index is 1.94. The topological polar surface area (TPSA) is 12.9 Å². The third-order valence-electron chi connectivity index (χ3n) is 3.91. The summed E-state index contributed by atoms with van der Waals surface area (Å²) in [6.07, 6.45) is 5.39. The first kappa shape index (κ1) is 11.9. The number of hydrogen-bond donors (Lipinski definition) is 0. The molecule has 1 nitrogen and oxygen atoms in total. The van der Waals surface area contributed by atoms with Gasteiger partial charge in [0.1, 0.15) is 0 Å². The summed E-state index contributed by atoms with van der Waals surface area (Å²) in [5, 5.41) is 0. The van der Waals surface area contributed by atoms with Crippen LogP contribution in [0.4, 0.5) is 0 Å². The number of rotatable bonds is 1. The highest BCUT2D eigenvalue weighted by atomic mass is 79.9. The highest BCUT2D eigenvalue weighted by Gasteiger charge is 2.23. The van der Waals surface area contributed by atoms with Gasteiger partial charge in [-0.2, -0.15) is 0 Å². The van der Waals surface area contributed by atoms with E-state index in [1.54, 1.807) is 0 Å². The van der Waals surface area contributed by atoms with Crippen LogP contribution in [0.15, 0.2) is 41.0 Å². The SMILES string of the molecule is Cc1ccnc2c1CCC(c1ccccc1Br)C2. The van der Waals surface area contributed by atoms with E-state index in [-0.39, 0.29) is 0 Å². The zero-order valence-electron chi connectivity index (χ0n) is 10.5. The average molecular weight is 302 g/mol. The predicted octanol–water partition coefficient (Wildman–Crippen LogP) is 4.43. The van der Waals surface area contributed by atoms with E-state index in [2.05, 4.69) is 58.2 Å². The molecule has 3 rings (SSSR count). The van der Waals surface area contributed by atoms with Crippen LogP contribution >= 0.6 is 15.9 Å². The van der Waals surface area contributed by atoms with Gasteiger partial charge in [0.05, 0.1) is 0 Å². The van der Waals surface area contributed by atoms with Gasteiger partial charge in [-0.3, -0.25) is 4.98 Å². The van der Waals surface area contributed by atoms with Gasteiger partial charge in [0, 0.05) is 16.4 Å². The molecule has 0 saturated heterocycles. The van der Waals surface area contributed by atoms with Crippen LogP contribution in [0.25, 0.3) is 0 Å². The molecule has 0 N–H and O–H groups in total. The Labute approximate surface area is 116 Å². The second kappa shape index (κ2) is 4.85.